The molecular formula is C9H13NO. The molecule has 0 spiro atoms. The first kappa shape index (κ1) is 6.89. The minimum atomic E-state index is 0.133. The van der Waals surface area contributed by atoms with Crippen LogP contribution in [0.3, 0.4) is 0 Å². The van der Waals surface area contributed by atoms with Crippen molar-refractivity contribution in [3.05, 3.63) is 12.2 Å². The van der Waals surface area contributed by atoms with Crippen molar-refractivity contribution in [3.63, 3.8) is 0 Å². The summed E-state index contributed by atoms with van der Waals surface area (Å²) < 4.78 is 0. The summed E-state index contributed by atoms with van der Waals surface area (Å²) in [5.74, 6) is 0.311. The number of rotatable bonds is 0. The molecule has 1 atom stereocenters. The number of nitrogens with zero attached hydrogens (tertiary/aromatic N) is 1. The summed E-state index contributed by atoms with van der Waals surface area (Å²) in [6, 6.07) is 0. The summed E-state index contributed by atoms with van der Waals surface area (Å²) >= 11 is 0. The van der Waals surface area contributed by atoms with Crippen LogP contribution >= 0.6 is 0 Å². The highest BCUT2D eigenvalue weighted by Gasteiger charge is 2.45. The molecule has 0 aromatic heterocycles. The molecule has 0 N–H and O–H groups in total. The Morgan fingerprint density at radius 3 is 3.00 bits per heavy atom. The molecule has 0 aromatic carbocycles. The van der Waals surface area contributed by atoms with E-state index in [2.05, 4.69) is 13.5 Å². The van der Waals surface area contributed by atoms with Gasteiger partial charge in [-0.15, -0.1) is 0 Å². The van der Waals surface area contributed by atoms with Crippen LogP contribution in [-0.2, 0) is 4.79 Å². The third-order valence-electron chi connectivity index (χ3n) is 2.84. The van der Waals surface area contributed by atoms with Crippen molar-refractivity contribution in [1.82, 2.24) is 4.90 Å². The molecule has 2 aliphatic rings. The van der Waals surface area contributed by atoms with E-state index in [1.54, 1.807) is 0 Å². The molecule has 2 saturated heterocycles. The molecule has 0 radical (unpaired) electrons. The van der Waals surface area contributed by atoms with Gasteiger partial charge in [0.25, 0.3) is 0 Å². The van der Waals surface area contributed by atoms with Crippen LogP contribution in [0.4, 0.5) is 0 Å². The number of carbonyl (C=O) groups is 1. The molecular weight excluding hydrogens is 138 g/mol. The molecule has 2 fully saturated rings. The monoisotopic (exact) mass is 151 g/mol. The van der Waals surface area contributed by atoms with E-state index in [1.165, 1.54) is 5.57 Å². The fourth-order valence-corrected chi connectivity index (χ4v) is 2.23. The average molecular weight is 151 g/mol. The summed E-state index contributed by atoms with van der Waals surface area (Å²) in [6.45, 7) is 6.89. The van der Waals surface area contributed by atoms with E-state index >= 15 is 0 Å². The van der Waals surface area contributed by atoms with Crippen molar-refractivity contribution in [1.29, 1.82) is 0 Å². The zero-order chi connectivity index (χ0) is 8.06. The van der Waals surface area contributed by atoms with Gasteiger partial charge in [-0.05, 0) is 19.8 Å². The summed E-state index contributed by atoms with van der Waals surface area (Å²) in [5.41, 5.74) is 1.34. The van der Waals surface area contributed by atoms with E-state index in [0.717, 1.165) is 25.8 Å². The molecule has 2 heterocycles. The molecule has 2 nitrogen and oxygen atoms in total. The topological polar surface area (TPSA) is 20.3 Å². The van der Waals surface area contributed by atoms with Gasteiger partial charge >= 0.3 is 0 Å². The van der Waals surface area contributed by atoms with E-state index in [4.69, 9.17) is 0 Å². The standard InChI is InChI=1S/C9H13NO/c1-7-5-9(2)4-3-8(11)10(9)6-7/h1,3-6H2,2H3. The zero-order valence-electron chi connectivity index (χ0n) is 6.89. The van der Waals surface area contributed by atoms with Gasteiger partial charge in [0, 0.05) is 18.5 Å². The van der Waals surface area contributed by atoms with Crippen molar-refractivity contribution >= 4 is 5.91 Å². The van der Waals surface area contributed by atoms with Gasteiger partial charge in [0.1, 0.15) is 0 Å². The second kappa shape index (κ2) is 1.87. The van der Waals surface area contributed by atoms with Gasteiger partial charge in [0.05, 0.1) is 0 Å². The number of fused-ring (bicyclic) bond motifs is 1. The van der Waals surface area contributed by atoms with Crippen LogP contribution in [0.15, 0.2) is 12.2 Å². The summed E-state index contributed by atoms with van der Waals surface area (Å²) in [5, 5.41) is 0. The molecule has 2 rings (SSSR count). The largest absolute Gasteiger partial charge is 0.333 e. The van der Waals surface area contributed by atoms with Gasteiger partial charge in [-0.2, -0.15) is 0 Å². The molecule has 0 bridgehead atoms. The lowest BCUT2D eigenvalue weighted by Gasteiger charge is -2.26. The van der Waals surface area contributed by atoms with Crippen LogP contribution in [0.2, 0.25) is 0 Å². The lowest BCUT2D eigenvalue weighted by atomic mass is 9.96. The third kappa shape index (κ3) is 0.817. The predicted octanol–water partition coefficient (Wildman–Crippen LogP) is 1.33. The van der Waals surface area contributed by atoms with Crippen molar-refractivity contribution < 1.29 is 4.79 Å². The second-order valence-corrected chi connectivity index (χ2v) is 3.90. The maximum Gasteiger partial charge on any atom is 0.223 e. The van der Waals surface area contributed by atoms with E-state index in [-0.39, 0.29) is 5.54 Å². The Morgan fingerprint density at radius 1 is 1.64 bits per heavy atom. The normalized spacial score (nSPS) is 36.6. The fraction of sp³-hybridized carbons (Fsp3) is 0.667. The highest BCUT2D eigenvalue weighted by atomic mass is 16.2. The van der Waals surface area contributed by atoms with Crippen molar-refractivity contribution in [2.24, 2.45) is 0 Å². The van der Waals surface area contributed by atoms with Gasteiger partial charge in [-0.25, -0.2) is 0 Å². The molecule has 0 aliphatic carbocycles. The lowest BCUT2D eigenvalue weighted by Crippen LogP contribution is -2.37. The maximum atomic E-state index is 11.3. The lowest BCUT2D eigenvalue weighted by molar-refractivity contribution is -0.129. The van der Waals surface area contributed by atoms with Crippen LogP contribution in [0.25, 0.3) is 0 Å². The number of hydrogen-bond donors (Lipinski definition) is 0. The zero-order valence-corrected chi connectivity index (χ0v) is 6.89. The SMILES string of the molecule is C=C1CN2C(=O)CCC2(C)C1. The quantitative estimate of drug-likeness (QED) is 0.478. The van der Waals surface area contributed by atoms with Gasteiger partial charge in [-0.3, -0.25) is 4.79 Å². The minimum Gasteiger partial charge on any atom is -0.333 e. The first-order valence-corrected chi connectivity index (χ1v) is 4.09. The Morgan fingerprint density at radius 2 is 2.36 bits per heavy atom. The summed E-state index contributed by atoms with van der Waals surface area (Å²) in [6.07, 6.45) is 2.77. The number of hydrogen-bond acceptors (Lipinski definition) is 1. The van der Waals surface area contributed by atoms with Gasteiger partial charge in [-0.1, -0.05) is 12.2 Å². The highest BCUT2D eigenvalue weighted by molar-refractivity contribution is 5.80. The van der Waals surface area contributed by atoms with E-state index < -0.39 is 0 Å². The molecule has 60 valence electrons. The van der Waals surface area contributed by atoms with Crippen molar-refractivity contribution in [3.8, 4) is 0 Å². The molecule has 11 heavy (non-hydrogen) atoms. The Kier molecular flexibility index (Phi) is 1.17. The Hall–Kier alpha value is -0.790. The third-order valence-corrected chi connectivity index (χ3v) is 2.84. The smallest absolute Gasteiger partial charge is 0.223 e. The Bertz CT molecular complexity index is 234. The predicted molar refractivity (Wildman–Crippen MR) is 43.1 cm³/mol. The van der Waals surface area contributed by atoms with Crippen LogP contribution in [0, 0.1) is 0 Å². The van der Waals surface area contributed by atoms with E-state index in [9.17, 15) is 4.79 Å². The maximum absolute atomic E-state index is 11.3. The van der Waals surface area contributed by atoms with Crippen molar-refractivity contribution in [2.45, 2.75) is 31.7 Å². The highest BCUT2D eigenvalue weighted by Crippen LogP contribution is 2.40. The molecule has 0 aromatic rings. The van der Waals surface area contributed by atoms with Crippen LogP contribution < -0.4 is 0 Å². The van der Waals surface area contributed by atoms with Gasteiger partial charge < -0.3 is 4.90 Å². The first-order chi connectivity index (χ1) is 5.12. The van der Waals surface area contributed by atoms with E-state index in [0.29, 0.717) is 5.91 Å². The number of amides is 1. The first-order valence-electron chi connectivity index (χ1n) is 4.09. The van der Waals surface area contributed by atoms with Crippen LogP contribution in [0.1, 0.15) is 26.2 Å². The summed E-state index contributed by atoms with van der Waals surface area (Å²) in [4.78, 5) is 13.3. The minimum absolute atomic E-state index is 0.133. The summed E-state index contributed by atoms with van der Waals surface area (Å²) in [7, 11) is 0. The Balaban J connectivity index is 2.31. The molecule has 2 aliphatic heterocycles. The van der Waals surface area contributed by atoms with Gasteiger partial charge in [0.15, 0.2) is 0 Å². The van der Waals surface area contributed by atoms with Gasteiger partial charge in [0.2, 0.25) is 5.91 Å². The van der Waals surface area contributed by atoms with Crippen LogP contribution in [0.5, 0.6) is 0 Å². The molecule has 2 heteroatoms. The Labute approximate surface area is 66.9 Å². The molecule has 0 saturated carbocycles. The molecule has 1 amide bonds. The van der Waals surface area contributed by atoms with Crippen molar-refractivity contribution in [2.75, 3.05) is 6.54 Å². The average Bonchev–Trinajstić information content (AvgIpc) is 2.32. The van der Waals surface area contributed by atoms with E-state index in [1.807, 2.05) is 4.90 Å². The number of carbonyl (C=O) groups excluding carboxylic acids is 1. The van der Waals surface area contributed by atoms with Crippen LogP contribution in [-0.4, -0.2) is 22.9 Å². The fourth-order valence-electron chi connectivity index (χ4n) is 2.23. The molecule has 1 unspecified atom stereocenters. The second-order valence-electron chi connectivity index (χ2n) is 3.90.